The molecule has 34 heavy (non-hydrogen) atoms. The van der Waals surface area contributed by atoms with Crippen LogP contribution in [0.25, 0.3) is 0 Å². The van der Waals surface area contributed by atoms with Crippen molar-refractivity contribution in [3.8, 4) is 5.75 Å². The third-order valence-corrected chi connectivity index (χ3v) is 6.20. The van der Waals surface area contributed by atoms with Gasteiger partial charge in [-0.2, -0.15) is 0 Å². The summed E-state index contributed by atoms with van der Waals surface area (Å²) in [4.78, 5) is 14.0. The molecule has 4 rings (SSSR count). The van der Waals surface area contributed by atoms with E-state index in [4.69, 9.17) is 9.72 Å². The number of aromatic nitrogens is 2. The van der Waals surface area contributed by atoms with Crippen molar-refractivity contribution >= 4 is 5.82 Å². The molecule has 0 unspecified atom stereocenters. The number of β-amino-alcohol motifs (C(OH)–C–C–N with tert-alkyl or cyclic N) is 1. The summed E-state index contributed by atoms with van der Waals surface area (Å²) in [7, 11) is 0. The first-order chi connectivity index (χ1) is 16.4. The first kappa shape index (κ1) is 24.1. The maximum atomic E-state index is 13.0. The van der Waals surface area contributed by atoms with Gasteiger partial charge in [0.1, 0.15) is 35.9 Å². The number of rotatable bonds is 8. The fourth-order valence-electron chi connectivity index (χ4n) is 4.31. The van der Waals surface area contributed by atoms with Crippen molar-refractivity contribution in [2.75, 3.05) is 44.2 Å². The van der Waals surface area contributed by atoms with Gasteiger partial charge in [0, 0.05) is 50.4 Å². The molecular weight excluding hydrogens is 431 g/mol. The van der Waals surface area contributed by atoms with Crippen molar-refractivity contribution in [3.63, 3.8) is 0 Å². The Morgan fingerprint density at radius 2 is 1.62 bits per heavy atom. The lowest BCUT2D eigenvalue weighted by molar-refractivity contribution is 0.0662. The number of anilines is 1. The maximum Gasteiger partial charge on any atom is 0.136 e. The molecule has 1 atom stereocenters. The predicted octanol–water partition coefficient (Wildman–Crippen LogP) is 3.69. The fourth-order valence-corrected chi connectivity index (χ4v) is 4.31. The van der Waals surface area contributed by atoms with Crippen LogP contribution in [0.1, 0.15) is 28.2 Å². The molecule has 0 spiro atoms. The van der Waals surface area contributed by atoms with Gasteiger partial charge in [-0.15, -0.1) is 0 Å². The second kappa shape index (κ2) is 10.9. The first-order valence-electron chi connectivity index (χ1n) is 11.8. The highest BCUT2D eigenvalue weighted by Gasteiger charge is 2.23. The average Bonchev–Trinajstić information content (AvgIpc) is 2.82. The Hall–Kier alpha value is -3.03. The smallest absolute Gasteiger partial charge is 0.136 e. The van der Waals surface area contributed by atoms with Crippen LogP contribution in [0.3, 0.4) is 0 Å². The van der Waals surface area contributed by atoms with E-state index < -0.39 is 6.10 Å². The van der Waals surface area contributed by atoms with Crippen molar-refractivity contribution in [3.05, 3.63) is 82.6 Å². The molecular formula is C27H33FN4O2. The van der Waals surface area contributed by atoms with Crippen LogP contribution < -0.4 is 9.64 Å². The minimum absolute atomic E-state index is 0.177. The zero-order valence-corrected chi connectivity index (χ0v) is 20.2. The molecule has 2 aromatic carbocycles. The number of aliphatic hydroxyl groups excluding tert-OH is 1. The van der Waals surface area contributed by atoms with E-state index in [1.807, 2.05) is 6.92 Å². The van der Waals surface area contributed by atoms with E-state index in [1.54, 1.807) is 12.1 Å². The Bertz CT molecular complexity index is 1080. The number of aliphatic hydroxyl groups is 1. The monoisotopic (exact) mass is 464 g/mol. The predicted molar refractivity (Wildman–Crippen MR) is 132 cm³/mol. The molecule has 0 radical (unpaired) electrons. The molecule has 1 aliphatic rings. The van der Waals surface area contributed by atoms with Crippen molar-refractivity contribution < 1.29 is 14.2 Å². The minimum Gasteiger partial charge on any atom is -0.491 e. The van der Waals surface area contributed by atoms with Crippen LogP contribution in [0.15, 0.2) is 48.5 Å². The molecule has 3 aromatic rings. The molecule has 1 saturated heterocycles. The van der Waals surface area contributed by atoms with E-state index in [-0.39, 0.29) is 12.4 Å². The third kappa shape index (κ3) is 6.30. The summed E-state index contributed by atoms with van der Waals surface area (Å²) in [5.41, 5.74) is 4.71. The fraction of sp³-hybridized carbons (Fsp3) is 0.407. The van der Waals surface area contributed by atoms with Crippen molar-refractivity contribution in [1.29, 1.82) is 0 Å². The largest absolute Gasteiger partial charge is 0.491 e. The number of hydrogen-bond acceptors (Lipinski definition) is 6. The molecule has 0 bridgehead atoms. The molecule has 0 aliphatic carbocycles. The summed E-state index contributed by atoms with van der Waals surface area (Å²) in [5, 5.41) is 10.4. The van der Waals surface area contributed by atoms with E-state index >= 15 is 0 Å². The van der Waals surface area contributed by atoms with Gasteiger partial charge in [-0.05, 0) is 50.6 Å². The van der Waals surface area contributed by atoms with Gasteiger partial charge in [0.15, 0.2) is 0 Å². The van der Waals surface area contributed by atoms with E-state index in [0.29, 0.717) is 12.3 Å². The highest BCUT2D eigenvalue weighted by atomic mass is 19.1. The van der Waals surface area contributed by atoms with Crippen molar-refractivity contribution in [2.24, 2.45) is 0 Å². The van der Waals surface area contributed by atoms with Crippen LogP contribution >= 0.6 is 0 Å². The van der Waals surface area contributed by atoms with Gasteiger partial charge < -0.3 is 14.7 Å². The highest BCUT2D eigenvalue weighted by molar-refractivity contribution is 5.51. The molecule has 1 aliphatic heterocycles. The Balaban J connectivity index is 1.35. The lowest BCUT2D eigenvalue weighted by atomic mass is 10.0. The number of aryl methyl sites for hydroxylation is 3. The van der Waals surface area contributed by atoms with Gasteiger partial charge in [0.2, 0.25) is 0 Å². The first-order valence-corrected chi connectivity index (χ1v) is 11.8. The molecule has 2 heterocycles. The molecule has 1 N–H and O–H groups in total. The summed E-state index contributed by atoms with van der Waals surface area (Å²) >= 11 is 0. The lowest BCUT2D eigenvalue weighted by Gasteiger charge is -2.37. The van der Waals surface area contributed by atoms with Crippen molar-refractivity contribution in [2.45, 2.75) is 33.3 Å². The number of ether oxygens (including phenoxy) is 1. The molecule has 180 valence electrons. The van der Waals surface area contributed by atoms with Gasteiger partial charge in [0.25, 0.3) is 0 Å². The zero-order chi connectivity index (χ0) is 24.1. The SMILES string of the molecule is Cc1ccc(Cc2c(C)nc(C)nc2N2CCN(C[C@@H](O)COc3ccc(F)cc3)CC2)cc1. The third-order valence-electron chi connectivity index (χ3n) is 6.20. The van der Waals surface area contributed by atoms with Crippen LogP contribution in [0.2, 0.25) is 0 Å². The Kier molecular flexibility index (Phi) is 7.75. The molecule has 6 nitrogen and oxygen atoms in total. The van der Waals surface area contributed by atoms with Gasteiger partial charge in [-0.3, -0.25) is 4.90 Å². The van der Waals surface area contributed by atoms with Crippen molar-refractivity contribution in [1.82, 2.24) is 14.9 Å². The van der Waals surface area contributed by atoms with Gasteiger partial charge in [-0.1, -0.05) is 29.8 Å². The van der Waals surface area contributed by atoms with Crippen LogP contribution in [-0.4, -0.2) is 65.4 Å². The van der Waals surface area contributed by atoms with Crippen LogP contribution in [0, 0.1) is 26.6 Å². The Labute approximate surface area is 201 Å². The van der Waals surface area contributed by atoms with Crippen LogP contribution in [-0.2, 0) is 6.42 Å². The standard InChI is InChI=1S/C27H33FN4O2/c1-19-4-6-22(7-5-19)16-26-20(2)29-21(3)30-27(26)32-14-12-31(13-15-32)17-24(33)18-34-25-10-8-23(28)9-11-25/h4-11,24,33H,12-18H2,1-3H3/t24-/m1/s1. The maximum absolute atomic E-state index is 13.0. The number of piperazine rings is 1. The summed E-state index contributed by atoms with van der Waals surface area (Å²) < 4.78 is 18.6. The molecule has 0 saturated carbocycles. The van der Waals surface area contributed by atoms with E-state index in [1.165, 1.54) is 28.8 Å². The summed E-state index contributed by atoms with van der Waals surface area (Å²) in [6.07, 6.45) is 0.193. The summed E-state index contributed by atoms with van der Waals surface area (Å²) in [6, 6.07) is 14.5. The molecule has 1 aromatic heterocycles. The number of benzene rings is 2. The molecule has 7 heteroatoms. The Morgan fingerprint density at radius 3 is 2.29 bits per heavy atom. The van der Waals surface area contributed by atoms with Gasteiger partial charge in [-0.25, -0.2) is 14.4 Å². The Morgan fingerprint density at radius 1 is 0.941 bits per heavy atom. The summed E-state index contributed by atoms with van der Waals surface area (Å²) in [6.45, 7) is 10.2. The number of halogens is 1. The van der Waals surface area contributed by atoms with Crippen LogP contribution in [0.5, 0.6) is 5.75 Å². The average molecular weight is 465 g/mol. The normalized spacial score (nSPS) is 15.4. The quantitative estimate of drug-likeness (QED) is 0.549. The zero-order valence-electron chi connectivity index (χ0n) is 20.2. The lowest BCUT2D eigenvalue weighted by Crippen LogP contribution is -2.49. The van der Waals surface area contributed by atoms with E-state index in [9.17, 15) is 9.50 Å². The van der Waals surface area contributed by atoms with Gasteiger partial charge in [0.05, 0.1) is 0 Å². The van der Waals surface area contributed by atoms with E-state index in [0.717, 1.165) is 49.9 Å². The minimum atomic E-state index is -0.614. The second-order valence-corrected chi connectivity index (χ2v) is 9.03. The molecule has 0 amide bonds. The second-order valence-electron chi connectivity index (χ2n) is 9.03. The summed E-state index contributed by atoms with van der Waals surface area (Å²) in [5.74, 6) is 2.06. The van der Waals surface area contributed by atoms with E-state index in [2.05, 4.69) is 52.9 Å². The number of hydrogen-bond donors (Lipinski definition) is 1. The number of nitrogens with zero attached hydrogens (tertiary/aromatic N) is 4. The molecule has 1 fully saturated rings. The van der Waals surface area contributed by atoms with Gasteiger partial charge >= 0.3 is 0 Å². The topological polar surface area (TPSA) is 61.7 Å². The highest BCUT2D eigenvalue weighted by Crippen LogP contribution is 2.25. The van der Waals surface area contributed by atoms with Crippen LogP contribution in [0.4, 0.5) is 10.2 Å².